The molecule has 2 aromatic rings. The van der Waals surface area contributed by atoms with Crippen LogP contribution >= 0.6 is 0 Å². The second kappa shape index (κ2) is 4.46. The zero-order valence-electron chi connectivity index (χ0n) is 8.17. The van der Waals surface area contributed by atoms with Gasteiger partial charge >= 0.3 is 0 Å². The van der Waals surface area contributed by atoms with Crippen molar-refractivity contribution in [3.05, 3.63) is 52.6 Å². The third-order valence-electron chi connectivity index (χ3n) is 1.95. The molecule has 80 valence electrons. The second-order valence-corrected chi connectivity index (χ2v) is 3.01. The Kier molecular flexibility index (Phi) is 2.84. The highest BCUT2D eigenvalue weighted by molar-refractivity contribution is 5.55. The van der Waals surface area contributed by atoms with Gasteiger partial charge in [-0.05, 0) is 29.8 Å². The lowest BCUT2D eigenvalue weighted by Crippen LogP contribution is -1.77. The summed E-state index contributed by atoms with van der Waals surface area (Å²) >= 11 is 0. The van der Waals surface area contributed by atoms with Crippen LogP contribution in [0.2, 0.25) is 0 Å². The van der Waals surface area contributed by atoms with E-state index >= 15 is 0 Å². The fourth-order valence-corrected chi connectivity index (χ4v) is 1.22. The molecule has 0 unspecified atom stereocenters. The van der Waals surface area contributed by atoms with Gasteiger partial charge in [0.1, 0.15) is 12.4 Å². The van der Waals surface area contributed by atoms with E-state index in [0.717, 1.165) is 5.56 Å². The standard InChI is InChI=1S/C10H7FN4O/c11-8-3-1-7(2-4-8)9-5-13-10(16-9)6-14-15-12/h1-5H,6H2. The number of oxazole rings is 1. The summed E-state index contributed by atoms with van der Waals surface area (Å²) in [5, 5.41) is 3.33. The van der Waals surface area contributed by atoms with Gasteiger partial charge in [-0.3, -0.25) is 0 Å². The summed E-state index contributed by atoms with van der Waals surface area (Å²) in [6, 6.07) is 5.86. The van der Waals surface area contributed by atoms with Crippen LogP contribution in [0.5, 0.6) is 0 Å². The van der Waals surface area contributed by atoms with Crippen molar-refractivity contribution in [3.63, 3.8) is 0 Å². The fourth-order valence-electron chi connectivity index (χ4n) is 1.22. The monoisotopic (exact) mass is 218 g/mol. The number of nitrogens with zero attached hydrogens (tertiary/aromatic N) is 4. The molecule has 1 aromatic heterocycles. The van der Waals surface area contributed by atoms with Crippen LogP contribution in [0, 0.1) is 5.82 Å². The summed E-state index contributed by atoms with van der Waals surface area (Å²) in [4.78, 5) is 6.53. The molecule has 1 heterocycles. The molecule has 0 aliphatic heterocycles. The number of aromatic nitrogens is 1. The Labute approximate surface area is 90.2 Å². The first-order valence-corrected chi connectivity index (χ1v) is 4.51. The second-order valence-electron chi connectivity index (χ2n) is 3.01. The molecule has 0 spiro atoms. The lowest BCUT2D eigenvalue weighted by molar-refractivity contribution is 0.509. The summed E-state index contributed by atoms with van der Waals surface area (Å²) in [6.45, 7) is 0.0672. The summed E-state index contributed by atoms with van der Waals surface area (Å²) in [5.41, 5.74) is 8.85. The van der Waals surface area contributed by atoms with E-state index in [1.165, 1.54) is 18.3 Å². The Morgan fingerprint density at radius 1 is 1.38 bits per heavy atom. The van der Waals surface area contributed by atoms with Gasteiger partial charge in [-0.2, -0.15) is 0 Å². The quantitative estimate of drug-likeness (QED) is 0.450. The van der Waals surface area contributed by atoms with Gasteiger partial charge in [0, 0.05) is 10.5 Å². The van der Waals surface area contributed by atoms with Gasteiger partial charge in [-0.15, -0.1) is 0 Å². The predicted octanol–water partition coefficient (Wildman–Crippen LogP) is 3.29. The van der Waals surface area contributed by atoms with Crippen molar-refractivity contribution in [1.82, 2.24) is 4.98 Å². The van der Waals surface area contributed by atoms with Crippen molar-refractivity contribution >= 4 is 0 Å². The fraction of sp³-hybridized carbons (Fsp3) is 0.100. The molecule has 0 amide bonds. The maximum atomic E-state index is 12.7. The lowest BCUT2D eigenvalue weighted by Gasteiger charge is -1.94. The molecule has 0 saturated carbocycles. The van der Waals surface area contributed by atoms with E-state index in [1.54, 1.807) is 12.1 Å². The molecule has 0 aliphatic carbocycles. The van der Waals surface area contributed by atoms with Gasteiger partial charge in [0.15, 0.2) is 5.76 Å². The van der Waals surface area contributed by atoms with Gasteiger partial charge in [0.25, 0.3) is 0 Å². The molecule has 16 heavy (non-hydrogen) atoms. The Hall–Kier alpha value is -2.33. The molecule has 0 radical (unpaired) electrons. The molecule has 0 fully saturated rings. The molecule has 0 aliphatic rings. The van der Waals surface area contributed by atoms with Crippen LogP contribution in [0.1, 0.15) is 5.89 Å². The molecule has 0 atom stereocenters. The Bertz CT molecular complexity index is 528. The third kappa shape index (κ3) is 2.18. The molecule has 6 heteroatoms. The molecule has 0 N–H and O–H groups in total. The van der Waals surface area contributed by atoms with Gasteiger partial charge in [0.2, 0.25) is 5.89 Å². The molecule has 5 nitrogen and oxygen atoms in total. The first-order chi connectivity index (χ1) is 7.79. The third-order valence-corrected chi connectivity index (χ3v) is 1.95. The van der Waals surface area contributed by atoms with E-state index < -0.39 is 0 Å². The van der Waals surface area contributed by atoms with Crippen LogP contribution in [0.4, 0.5) is 4.39 Å². The zero-order chi connectivity index (χ0) is 11.4. The van der Waals surface area contributed by atoms with Crippen molar-refractivity contribution in [2.75, 3.05) is 0 Å². The van der Waals surface area contributed by atoms with E-state index in [-0.39, 0.29) is 12.4 Å². The largest absolute Gasteiger partial charge is 0.441 e. The van der Waals surface area contributed by atoms with Crippen LogP contribution in [0.25, 0.3) is 21.8 Å². The van der Waals surface area contributed by atoms with E-state index in [2.05, 4.69) is 15.0 Å². The molecule has 1 aromatic carbocycles. The average molecular weight is 218 g/mol. The zero-order valence-corrected chi connectivity index (χ0v) is 8.17. The summed E-state index contributed by atoms with van der Waals surface area (Å²) in [5.74, 6) is 0.540. The Morgan fingerprint density at radius 3 is 2.81 bits per heavy atom. The van der Waals surface area contributed by atoms with E-state index in [4.69, 9.17) is 9.95 Å². The minimum Gasteiger partial charge on any atom is -0.441 e. The topological polar surface area (TPSA) is 74.8 Å². The SMILES string of the molecule is [N-]=[N+]=NCc1ncc(-c2ccc(F)cc2)o1. The normalized spacial score (nSPS) is 9.81. The summed E-state index contributed by atoms with van der Waals surface area (Å²) < 4.78 is 18.0. The summed E-state index contributed by atoms with van der Waals surface area (Å²) in [7, 11) is 0. The smallest absolute Gasteiger partial charge is 0.200 e. The average Bonchev–Trinajstić information content (AvgIpc) is 2.76. The van der Waals surface area contributed by atoms with Crippen LogP contribution in [0.3, 0.4) is 0 Å². The van der Waals surface area contributed by atoms with Gasteiger partial charge in [0.05, 0.1) is 6.20 Å². The van der Waals surface area contributed by atoms with E-state index in [1.807, 2.05) is 0 Å². The molecular formula is C10H7FN4O. The molecule has 2 rings (SSSR count). The van der Waals surface area contributed by atoms with Crippen molar-refractivity contribution in [1.29, 1.82) is 0 Å². The maximum absolute atomic E-state index is 12.7. The Balaban J connectivity index is 2.24. The molecule has 0 bridgehead atoms. The number of hydrogen-bond donors (Lipinski definition) is 0. The van der Waals surface area contributed by atoms with Crippen LogP contribution < -0.4 is 0 Å². The summed E-state index contributed by atoms with van der Waals surface area (Å²) in [6.07, 6.45) is 1.51. The Morgan fingerprint density at radius 2 is 2.12 bits per heavy atom. The van der Waals surface area contributed by atoms with Gasteiger partial charge in [-0.1, -0.05) is 5.11 Å². The van der Waals surface area contributed by atoms with Gasteiger partial charge in [-0.25, -0.2) is 9.37 Å². The highest BCUT2D eigenvalue weighted by Crippen LogP contribution is 2.20. The molecular weight excluding hydrogens is 211 g/mol. The highest BCUT2D eigenvalue weighted by Gasteiger charge is 2.05. The van der Waals surface area contributed by atoms with Crippen LogP contribution in [-0.2, 0) is 6.54 Å². The van der Waals surface area contributed by atoms with Gasteiger partial charge < -0.3 is 4.42 Å². The maximum Gasteiger partial charge on any atom is 0.200 e. The first-order valence-electron chi connectivity index (χ1n) is 4.51. The lowest BCUT2D eigenvalue weighted by atomic mass is 10.2. The minimum absolute atomic E-state index is 0.0672. The van der Waals surface area contributed by atoms with Crippen molar-refractivity contribution in [2.45, 2.75) is 6.54 Å². The van der Waals surface area contributed by atoms with Crippen LogP contribution in [-0.4, -0.2) is 4.98 Å². The number of hydrogen-bond acceptors (Lipinski definition) is 3. The van der Waals surface area contributed by atoms with Crippen molar-refractivity contribution in [2.24, 2.45) is 5.11 Å². The van der Waals surface area contributed by atoms with Crippen LogP contribution in [0.15, 0.2) is 40.0 Å². The minimum atomic E-state index is -0.308. The first kappa shape index (κ1) is 10.2. The predicted molar refractivity (Wildman–Crippen MR) is 54.7 cm³/mol. The molecule has 0 saturated heterocycles. The van der Waals surface area contributed by atoms with E-state index in [9.17, 15) is 4.39 Å². The van der Waals surface area contributed by atoms with Crippen molar-refractivity contribution < 1.29 is 8.81 Å². The number of halogens is 1. The number of azide groups is 1. The highest BCUT2D eigenvalue weighted by atomic mass is 19.1. The number of rotatable bonds is 3. The van der Waals surface area contributed by atoms with E-state index in [0.29, 0.717) is 11.7 Å². The number of benzene rings is 1. The van der Waals surface area contributed by atoms with Crippen molar-refractivity contribution in [3.8, 4) is 11.3 Å².